The van der Waals surface area contributed by atoms with Crippen molar-refractivity contribution in [1.29, 1.82) is 0 Å². The molecule has 1 saturated heterocycles. The van der Waals surface area contributed by atoms with E-state index in [4.69, 9.17) is 23.7 Å². The molecule has 5 atom stereocenters. The first-order valence-electron chi connectivity index (χ1n) is 8.32. The number of esters is 4. The summed E-state index contributed by atoms with van der Waals surface area (Å²) < 4.78 is 29.4. The zero-order valence-corrected chi connectivity index (χ0v) is 16.2. The van der Waals surface area contributed by atoms with Crippen molar-refractivity contribution < 1.29 is 57.5 Å². The van der Waals surface area contributed by atoms with E-state index in [1.54, 1.807) is 0 Å². The first-order chi connectivity index (χ1) is 13.4. The van der Waals surface area contributed by atoms with Crippen molar-refractivity contribution in [3.63, 3.8) is 0 Å². The van der Waals surface area contributed by atoms with E-state index in [2.05, 4.69) is 11.3 Å². The first kappa shape index (κ1) is 23.9. The van der Waals surface area contributed by atoms with E-state index in [0.717, 1.165) is 27.7 Å². The van der Waals surface area contributed by atoms with Gasteiger partial charge in [0.1, 0.15) is 18.5 Å². The predicted octanol–water partition coefficient (Wildman–Crippen LogP) is -0.245. The van der Waals surface area contributed by atoms with Gasteiger partial charge in [0.25, 0.3) is 0 Å². The van der Waals surface area contributed by atoms with Gasteiger partial charge in [0.2, 0.25) is 0 Å². The molecule has 1 aliphatic rings. The molecule has 0 saturated carbocycles. The van der Waals surface area contributed by atoms with Gasteiger partial charge in [-0.3, -0.25) is 19.2 Å². The van der Waals surface area contributed by atoms with Crippen molar-refractivity contribution in [1.82, 2.24) is 0 Å². The fourth-order valence-corrected chi connectivity index (χ4v) is 2.47. The zero-order chi connectivity index (χ0) is 22.3. The molecular formula is C17H22O12. The summed E-state index contributed by atoms with van der Waals surface area (Å²) in [4.78, 5) is 57.1. The predicted molar refractivity (Wildman–Crippen MR) is 89.8 cm³/mol. The van der Waals surface area contributed by atoms with Gasteiger partial charge >= 0.3 is 30.0 Å². The van der Waals surface area contributed by atoms with Gasteiger partial charge in [-0.05, 0) is 0 Å². The number of hydrogen-bond acceptors (Lipinski definition) is 12. The molecule has 0 radical (unpaired) electrons. The quantitative estimate of drug-likeness (QED) is 0.387. The third kappa shape index (κ3) is 7.41. The Kier molecular flexibility index (Phi) is 8.57. The molecule has 0 unspecified atom stereocenters. The summed E-state index contributed by atoms with van der Waals surface area (Å²) >= 11 is 0. The largest absolute Gasteiger partial charge is 0.514 e. The molecule has 1 heterocycles. The van der Waals surface area contributed by atoms with E-state index in [1.165, 1.54) is 0 Å². The van der Waals surface area contributed by atoms with E-state index >= 15 is 0 Å². The van der Waals surface area contributed by atoms with E-state index < -0.39 is 67.2 Å². The molecule has 12 nitrogen and oxygen atoms in total. The molecule has 1 rings (SSSR count). The highest BCUT2D eigenvalue weighted by Crippen LogP contribution is 2.27. The van der Waals surface area contributed by atoms with Crippen molar-refractivity contribution in [3.05, 3.63) is 12.3 Å². The second-order valence-corrected chi connectivity index (χ2v) is 5.95. The fraction of sp³-hybridized carbons (Fsp3) is 0.588. The first-order valence-corrected chi connectivity index (χ1v) is 8.32. The molecule has 0 aromatic heterocycles. The Morgan fingerprint density at radius 2 is 1.48 bits per heavy atom. The maximum atomic E-state index is 11.6. The van der Waals surface area contributed by atoms with Crippen molar-refractivity contribution in [3.8, 4) is 0 Å². The van der Waals surface area contributed by atoms with Gasteiger partial charge in [0, 0.05) is 27.7 Å². The summed E-state index contributed by atoms with van der Waals surface area (Å²) in [5.74, 6) is -3.66. The van der Waals surface area contributed by atoms with Gasteiger partial charge in [0.05, 0.1) is 0 Å². The fourth-order valence-electron chi connectivity index (χ4n) is 2.47. The van der Waals surface area contributed by atoms with Gasteiger partial charge in [-0.25, -0.2) is 4.79 Å². The molecule has 0 aromatic carbocycles. The van der Waals surface area contributed by atoms with Crippen LogP contribution in [0.2, 0.25) is 0 Å². The van der Waals surface area contributed by atoms with Crippen LogP contribution in [0.1, 0.15) is 27.7 Å². The molecule has 12 heteroatoms. The number of hydrogen-bond donors (Lipinski definition) is 1. The normalized spacial score (nSPS) is 19.7. The molecule has 1 N–H and O–H groups in total. The second kappa shape index (κ2) is 10.4. The Morgan fingerprint density at radius 3 is 1.90 bits per heavy atom. The van der Waals surface area contributed by atoms with Crippen LogP contribution in [0, 0.1) is 0 Å². The highest BCUT2D eigenvalue weighted by atomic mass is 16.8. The van der Waals surface area contributed by atoms with Crippen molar-refractivity contribution in [2.45, 2.75) is 58.2 Å². The number of rotatable bonds is 9. The molecule has 0 aliphatic carbocycles. The van der Waals surface area contributed by atoms with Gasteiger partial charge < -0.3 is 33.5 Å². The van der Waals surface area contributed by atoms with Crippen LogP contribution in [0.25, 0.3) is 0 Å². The maximum Gasteiger partial charge on any atom is 0.514 e. The van der Waals surface area contributed by atoms with Crippen LogP contribution < -0.4 is 0 Å². The average Bonchev–Trinajstić information content (AvgIpc) is 2.91. The zero-order valence-electron chi connectivity index (χ0n) is 16.2. The smallest absolute Gasteiger partial charge is 0.462 e. The summed E-state index contributed by atoms with van der Waals surface area (Å²) in [6.45, 7) is 6.97. The summed E-state index contributed by atoms with van der Waals surface area (Å²) in [5.41, 5.74) is 0. The summed E-state index contributed by atoms with van der Waals surface area (Å²) in [5, 5.41) is 10.7. The number of carbonyl (C=O) groups excluding carboxylic acids is 5. The Balaban J connectivity index is 3.30. The Labute approximate surface area is 165 Å². The monoisotopic (exact) mass is 418 g/mol. The number of ether oxygens (including phenoxy) is 6. The highest BCUT2D eigenvalue weighted by Gasteiger charge is 2.48. The Bertz CT molecular complexity index is 684. The number of aliphatic hydroxyl groups is 1. The van der Waals surface area contributed by atoms with Gasteiger partial charge in [-0.1, -0.05) is 6.58 Å². The van der Waals surface area contributed by atoms with Crippen molar-refractivity contribution >= 4 is 30.0 Å². The second-order valence-electron chi connectivity index (χ2n) is 5.95. The van der Waals surface area contributed by atoms with Crippen LogP contribution in [0.5, 0.6) is 0 Å². The molecule has 0 bridgehead atoms. The number of cyclic esters (lactones) is 2. The van der Waals surface area contributed by atoms with Crippen LogP contribution in [0.4, 0.5) is 4.79 Å². The van der Waals surface area contributed by atoms with E-state index in [1.807, 2.05) is 0 Å². The highest BCUT2D eigenvalue weighted by molar-refractivity contribution is 5.69. The molecule has 0 amide bonds. The van der Waals surface area contributed by atoms with E-state index in [0.29, 0.717) is 0 Å². The molecule has 1 aliphatic heterocycles. The van der Waals surface area contributed by atoms with Crippen molar-refractivity contribution in [2.24, 2.45) is 0 Å². The van der Waals surface area contributed by atoms with Gasteiger partial charge in [-0.2, -0.15) is 0 Å². The lowest BCUT2D eigenvalue weighted by atomic mass is 9.97. The third-order valence-electron chi connectivity index (χ3n) is 3.46. The Morgan fingerprint density at radius 1 is 0.966 bits per heavy atom. The Hall–Kier alpha value is -3.15. The number of carbonyl (C=O) groups is 5. The lowest BCUT2D eigenvalue weighted by Gasteiger charge is -2.34. The standard InChI is InChI=1S/C17H22O12/c1-7-14(29-17(23)25-7)13(22)16(28-11(5)21)15(27-10(4)20)12(26-9(3)19)6-24-8(2)18/h12-16,22H,1,6H2,2-5H3/t12-,13-,14-,15-,16-/m1/s1. The summed E-state index contributed by atoms with van der Waals surface area (Å²) in [6, 6.07) is 0. The van der Waals surface area contributed by atoms with Crippen LogP contribution in [-0.2, 0) is 47.6 Å². The summed E-state index contributed by atoms with van der Waals surface area (Å²) in [7, 11) is 0. The summed E-state index contributed by atoms with van der Waals surface area (Å²) in [6.07, 6.45) is -9.28. The molecule has 162 valence electrons. The van der Waals surface area contributed by atoms with E-state index in [9.17, 15) is 29.1 Å². The third-order valence-corrected chi connectivity index (χ3v) is 3.46. The van der Waals surface area contributed by atoms with Gasteiger partial charge in [0.15, 0.2) is 24.4 Å². The minimum absolute atomic E-state index is 0.287. The van der Waals surface area contributed by atoms with Crippen LogP contribution in [0.15, 0.2) is 12.3 Å². The van der Waals surface area contributed by atoms with Crippen LogP contribution in [0.3, 0.4) is 0 Å². The van der Waals surface area contributed by atoms with Crippen LogP contribution in [-0.4, -0.2) is 72.3 Å². The topological polar surface area (TPSA) is 161 Å². The minimum Gasteiger partial charge on any atom is -0.462 e. The molecule has 0 spiro atoms. The molecular weight excluding hydrogens is 396 g/mol. The number of aliphatic hydroxyl groups excluding tert-OH is 1. The lowest BCUT2D eigenvalue weighted by Crippen LogP contribution is -2.55. The SMILES string of the molecule is C=C1OC(=O)O[C@H]1[C@@H](O)[C@@H](OC(C)=O)[C@H](OC(C)=O)[C@@H](COC(C)=O)OC(C)=O. The molecule has 29 heavy (non-hydrogen) atoms. The lowest BCUT2D eigenvalue weighted by molar-refractivity contribution is -0.202. The van der Waals surface area contributed by atoms with Crippen molar-refractivity contribution in [2.75, 3.05) is 6.61 Å². The molecule has 0 aromatic rings. The minimum atomic E-state index is -1.84. The van der Waals surface area contributed by atoms with E-state index in [-0.39, 0.29) is 5.76 Å². The maximum absolute atomic E-state index is 11.6. The van der Waals surface area contributed by atoms with Crippen LogP contribution >= 0.6 is 0 Å². The average molecular weight is 418 g/mol. The van der Waals surface area contributed by atoms with Gasteiger partial charge in [-0.15, -0.1) is 0 Å². The molecule has 1 fully saturated rings.